The van der Waals surface area contributed by atoms with E-state index >= 15 is 0 Å². The van der Waals surface area contributed by atoms with Crippen LogP contribution in [0.5, 0.6) is 0 Å². The number of rotatable bonds is 5. The van der Waals surface area contributed by atoms with Crippen molar-refractivity contribution in [3.8, 4) is 0 Å². The molecular weight excluding hydrogens is 397 g/mol. The third kappa shape index (κ3) is 3.78. The Morgan fingerprint density at radius 2 is 2.13 bits per heavy atom. The molecule has 0 N–H and O–H groups in total. The number of fused-ring (bicyclic) bond motifs is 1. The Morgan fingerprint density at radius 3 is 2.80 bits per heavy atom. The number of halogens is 3. The van der Waals surface area contributed by atoms with Crippen molar-refractivity contribution < 1.29 is 18.0 Å². The minimum atomic E-state index is -4.54. The molecule has 3 aromatic heterocycles. The predicted molar refractivity (Wildman–Crippen MR) is 103 cm³/mol. The van der Waals surface area contributed by atoms with E-state index < -0.39 is 11.9 Å². The van der Waals surface area contributed by atoms with Gasteiger partial charge in [0.1, 0.15) is 5.69 Å². The highest BCUT2D eigenvalue weighted by atomic mass is 19.4. The Balaban J connectivity index is 1.63. The highest BCUT2D eigenvalue weighted by molar-refractivity contribution is 5.77. The molecule has 1 aliphatic rings. The van der Waals surface area contributed by atoms with E-state index in [1.165, 1.54) is 0 Å². The lowest BCUT2D eigenvalue weighted by atomic mass is 10.1. The van der Waals surface area contributed by atoms with Gasteiger partial charge >= 0.3 is 6.18 Å². The number of carbonyl (C=O) groups is 1. The lowest BCUT2D eigenvalue weighted by Crippen LogP contribution is -2.32. The smallest absolute Gasteiger partial charge is 0.334 e. The molecule has 10 heteroatoms. The average molecular weight is 420 g/mol. The first-order valence-electron chi connectivity index (χ1n) is 10.0. The van der Waals surface area contributed by atoms with Crippen LogP contribution in [-0.2, 0) is 17.4 Å². The minimum absolute atomic E-state index is 0.0594. The molecule has 0 aliphatic carbocycles. The zero-order valence-corrected chi connectivity index (χ0v) is 16.8. The van der Waals surface area contributed by atoms with Crippen LogP contribution in [0.15, 0.2) is 30.6 Å². The second-order valence-electron chi connectivity index (χ2n) is 7.61. The van der Waals surface area contributed by atoms with Gasteiger partial charge in [0.25, 0.3) is 0 Å². The summed E-state index contributed by atoms with van der Waals surface area (Å²) in [6.07, 6.45) is 1.01. The summed E-state index contributed by atoms with van der Waals surface area (Å²) in [6.45, 7) is 4.23. The van der Waals surface area contributed by atoms with Crippen molar-refractivity contribution in [1.29, 1.82) is 0 Å². The minimum Gasteiger partial charge on any atom is -0.334 e. The molecule has 1 saturated heterocycles. The lowest BCUT2D eigenvalue weighted by Gasteiger charge is -2.25. The Kier molecular flexibility index (Phi) is 5.25. The quantitative estimate of drug-likeness (QED) is 0.629. The van der Waals surface area contributed by atoms with Crippen LogP contribution in [0, 0.1) is 0 Å². The molecule has 0 aromatic carbocycles. The second kappa shape index (κ2) is 7.73. The van der Waals surface area contributed by atoms with Crippen LogP contribution >= 0.6 is 0 Å². The number of nitrogens with zero attached hydrogens (tertiary/aromatic N) is 6. The van der Waals surface area contributed by atoms with Gasteiger partial charge in [-0.1, -0.05) is 6.92 Å². The molecule has 4 heterocycles. The maximum atomic E-state index is 13.5. The molecule has 4 rings (SSSR count). The molecule has 0 spiro atoms. The SMILES string of the molecule is CCc1cc(C(F)(F)F)n2nc([C@H]3CCCN3C(=O)C[C@H](C)n3cccn3)cc2n1. The van der Waals surface area contributed by atoms with Crippen LogP contribution in [0.4, 0.5) is 13.2 Å². The van der Waals surface area contributed by atoms with Gasteiger partial charge in [-0.15, -0.1) is 0 Å². The molecule has 7 nitrogen and oxygen atoms in total. The van der Waals surface area contributed by atoms with E-state index in [0.717, 1.165) is 17.0 Å². The van der Waals surface area contributed by atoms with Crippen molar-refractivity contribution in [2.75, 3.05) is 6.54 Å². The zero-order valence-electron chi connectivity index (χ0n) is 16.8. The Bertz CT molecular complexity index is 1040. The first-order chi connectivity index (χ1) is 14.3. The summed E-state index contributed by atoms with van der Waals surface area (Å²) in [5.41, 5.74) is 0.104. The van der Waals surface area contributed by atoms with Gasteiger partial charge in [-0.3, -0.25) is 9.48 Å². The highest BCUT2D eigenvalue weighted by Gasteiger charge is 2.37. The molecule has 1 fully saturated rings. The van der Waals surface area contributed by atoms with Crippen LogP contribution < -0.4 is 0 Å². The van der Waals surface area contributed by atoms with Crippen LogP contribution in [0.2, 0.25) is 0 Å². The molecule has 0 bridgehead atoms. The van der Waals surface area contributed by atoms with Gasteiger partial charge in [-0.05, 0) is 38.3 Å². The summed E-state index contributed by atoms with van der Waals surface area (Å²) >= 11 is 0. The maximum Gasteiger partial charge on any atom is 0.433 e. The molecule has 0 saturated carbocycles. The summed E-state index contributed by atoms with van der Waals surface area (Å²) in [5, 5.41) is 8.39. The lowest BCUT2D eigenvalue weighted by molar-refractivity contribution is -0.142. The Morgan fingerprint density at radius 1 is 1.33 bits per heavy atom. The van der Waals surface area contributed by atoms with E-state index in [1.807, 2.05) is 6.92 Å². The molecule has 1 amide bonds. The third-order valence-electron chi connectivity index (χ3n) is 5.51. The van der Waals surface area contributed by atoms with Crippen LogP contribution in [-0.4, -0.2) is 41.7 Å². The predicted octanol–water partition coefficient (Wildman–Crippen LogP) is 3.82. The largest absolute Gasteiger partial charge is 0.433 e. The van der Waals surface area contributed by atoms with Crippen molar-refractivity contribution in [1.82, 2.24) is 29.3 Å². The van der Waals surface area contributed by atoms with Gasteiger partial charge in [0.2, 0.25) is 5.91 Å². The topological polar surface area (TPSA) is 68.3 Å². The average Bonchev–Trinajstić information content (AvgIpc) is 3.45. The van der Waals surface area contributed by atoms with Gasteiger partial charge in [0, 0.05) is 37.1 Å². The molecule has 0 radical (unpaired) electrons. The van der Waals surface area contributed by atoms with Crippen molar-refractivity contribution in [2.45, 2.75) is 57.8 Å². The summed E-state index contributed by atoms with van der Waals surface area (Å²) in [6, 6.07) is 3.94. The number of amides is 1. The molecule has 1 aliphatic heterocycles. The van der Waals surface area contributed by atoms with Gasteiger partial charge < -0.3 is 4.90 Å². The van der Waals surface area contributed by atoms with E-state index in [9.17, 15) is 18.0 Å². The van der Waals surface area contributed by atoms with Crippen molar-refractivity contribution in [3.63, 3.8) is 0 Å². The molecule has 0 unspecified atom stereocenters. The second-order valence-corrected chi connectivity index (χ2v) is 7.61. The van der Waals surface area contributed by atoms with E-state index in [4.69, 9.17) is 0 Å². The summed E-state index contributed by atoms with van der Waals surface area (Å²) in [5.74, 6) is -0.0594. The normalized spacial score (nSPS) is 18.3. The van der Waals surface area contributed by atoms with E-state index in [-0.39, 0.29) is 30.1 Å². The zero-order chi connectivity index (χ0) is 21.5. The van der Waals surface area contributed by atoms with Crippen LogP contribution in [0.1, 0.15) is 62.3 Å². The molecule has 30 heavy (non-hydrogen) atoms. The molecule has 2 atom stereocenters. The van der Waals surface area contributed by atoms with Crippen molar-refractivity contribution in [2.24, 2.45) is 0 Å². The van der Waals surface area contributed by atoms with Gasteiger partial charge in [-0.2, -0.15) is 23.4 Å². The number of hydrogen-bond acceptors (Lipinski definition) is 4. The highest BCUT2D eigenvalue weighted by Crippen LogP contribution is 2.35. The standard InChI is InChI=1S/C20H23F3N6O/c1-3-14-11-17(20(21,22)23)29-18(25-14)12-15(26-29)16-6-4-8-27(16)19(30)10-13(2)28-9-5-7-24-28/h5,7,9,11-13,16H,3-4,6,8,10H2,1-2H3/t13-,16+/m0/s1. The summed E-state index contributed by atoms with van der Waals surface area (Å²) in [7, 11) is 0. The van der Waals surface area contributed by atoms with E-state index in [2.05, 4.69) is 15.2 Å². The van der Waals surface area contributed by atoms with Crippen LogP contribution in [0.25, 0.3) is 5.65 Å². The first kappa shape index (κ1) is 20.4. The molecular formula is C20H23F3N6O. The first-order valence-corrected chi connectivity index (χ1v) is 10.0. The van der Waals surface area contributed by atoms with Crippen LogP contribution in [0.3, 0.4) is 0 Å². The molecule has 3 aromatic rings. The fourth-order valence-corrected chi connectivity index (χ4v) is 3.97. The fraction of sp³-hybridized carbons (Fsp3) is 0.500. The number of alkyl halides is 3. The molecule has 160 valence electrons. The van der Waals surface area contributed by atoms with Gasteiger partial charge in [-0.25, -0.2) is 9.50 Å². The number of likely N-dealkylation sites (tertiary alicyclic amines) is 1. The number of hydrogen-bond donors (Lipinski definition) is 0. The van der Waals surface area contributed by atoms with E-state index in [1.54, 1.807) is 41.0 Å². The van der Waals surface area contributed by atoms with Crippen molar-refractivity contribution in [3.05, 3.63) is 47.7 Å². The van der Waals surface area contributed by atoms with E-state index in [0.29, 0.717) is 30.8 Å². The third-order valence-corrected chi connectivity index (χ3v) is 5.51. The summed E-state index contributed by atoms with van der Waals surface area (Å²) < 4.78 is 43.2. The van der Waals surface area contributed by atoms with Crippen molar-refractivity contribution >= 4 is 11.6 Å². The number of aryl methyl sites for hydroxylation is 1. The maximum absolute atomic E-state index is 13.5. The monoisotopic (exact) mass is 420 g/mol. The Labute approximate surface area is 171 Å². The fourth-order valence-electron chi connectivity index (χ4n) is 3.97. The van der Waals surface area contributed by atoms with Gasteiger partial charge in [0.05, 0.1) is 17.8 Å². The summed E-state index contributed by atoms with van der Waals surface area (Å²) in [4.78, 5) is 18.9. The number of carbonyl (C=O) groups excluding carboxylic acids is 1. The Hall–Kier alpha value is -2.91. The number of aromatic nitrogens is 5. The van der Waals surface area contributed by atoms with Gasteiger partial charge in [0.15, 0.2) is 5.65 Å².